The van der Waals surface area contributed by atoms with Gasteiger partial charge in [-0.05, 0) is 92.6 Å². The number of carbonyl (C=O) groups is 3. The Labute approximate surface area is 227 Å². The number of ether oxygens (including phenoxy) is 1. The molecule has 0 unspecified atom stereocenters. The van der Waals surface area contributed by atoms with E-state index in [-0.39, 0.29) is 12.2 Å². The summed E-state index contributed by atoms with van der Waals surface area (Å²) in [6.45, 7) is 0.272. The fourth-order valence-corrected chi connectivity index (χ4v) is 5.30. The molecule has 1 saturated heterocycles. The van der Waals surface area contributed by atoms with Crippen molar-refractivity contribution >= 4 is 91.3 Å². The van der Waals surface area contributed by atoms with E-state index in [0.717, 1.165) is 14.0 Å². The predicted molar refractivity (Wildman–Crippen MR) is 143 cm³/mol. The summed E-state index contributed by atoms with van der Waals surface area (Å²) >= 11 is 17.7. The van der Waals surface area contributed by atoms with E-state index in [0.29, 0.717) is 31.5 Å². The van der Waals surface area contributed by atoms with Gasteiger partial charge >= 0.3 is 6.03 Å². The number of nitrogens with zero attached hydrogens (tertiary/aromatic N) is 1. The first-order chi connectivity index (χ1) is 16.2. The molecule has 0 atom stereocenters. The smallest absolute Gasteiger partial charge is 0.335 e. The zero-order valence-corrected chi connectivity index (χ0v) is 22.4. The van der Waals surface area contributed by atoms with Crippen LogP contribution in [-0.4, -0.2) is 17.8 Å². The molecule has 0 aliphatic carbocycles. The van der Waals surface area contributed by atoms with Gasteiger partial charge in [0.15, 0.2) is 0 Å². The van der Waals surface area contributed by atoms with Crippen LogP contribution < -0.4 is 15.0 Å². The van der Waals surface area contributed by atoms with Crippen LogP contribution >= 0.6 is 61.7 Å². The number of imide groups is 2. The summed E-state index contributed by atoms with van der Waals surface area (Å²) < 4.78 is 7.33. The normalized spacial score (nSPS) is 15.0. The van der Waals surface area contributed by atoms with E-state index in [1.165, 1.54) is 18.2 Å². The second-order valence-corrected chi connectivity index (χ2v) is 9.99. The Kier molecular flexibility index (Phi) is 7.61. The van der Waals surface area contributed by atoms with Crippen molar-refractivity contribution in [3.63, 3.8) is 0 Å². The molecule has 1 aliphatic heterocycles. The number of amides is 4. The molecular weight excluding hydrogens is 658 g/mol. The molecule has 3 aromatic rings. The highest BCUT2D eigenvalue weighted by Crippen LogP contribution is 2.34. The number of barbiturate groups is 1. The first-order valence-corrected chi connectivity index (χ1v) is 12.4. The number of hydrogen-bond acceptors (Lipinski definition) is 4. The molecule has 6 nitrogen and oxygen atoms in total. The minimum absolute atomic E-state index is 0.179. The molecular formula is C24H14BrCl2IN2O4. The average Bonchev–Trinajstić information content (AvgIpc) is 2.78. The summed E-state index contributed by atoms with van der Waals surface area (Å²) in [4.78, 5) is 38.8. The molecule has 3 aromatic carbocycles. The maximum atomic E-state index is 13.1. The Hall–Kier alpha value is -2.40. The van der Waals surface area contributed by atoms with Gasteiger partial charge < -0.3 is 4.74 Å². The zero-order chi connectivity index (χ0) is 24.4. The molecule has 0 bridgehead atoms. The van der Waals surface area contributed by atoms with Crippen molar-refractivity contribution in [1.82, 2.24) is 5.32 Å². The molecule has 0 spiro atoms. The number of carbonyl (C=O) groups excluding carboxylic acids is 3. The van der Waals surface area contributed by atoms with Crippen molar-refractivity contribution in [2.45, 2.75) is 6.61 Å². The van der Waals surface area contributed by atoms with Gasteiger partial charge in [-0.1, -0.05) is 41.4 Å². The van der Waals surface area contributed by atoms with Crippen LogP contribution in [-0.2, 0) is 16.2 Å². The quantitative estimate of drug-likeness (QED) is 0.188. The highest BCUT2D eigenvalue weighted by Gasteiger charge is 2.36. The molecule has 4 amide bonds. The van der Waals surface area contributed by atoms with E-state index in [9.17, 15) is 14.4 Å². The van der Waals surface area contributed by atoms with Gasteiger partial charge in [0, 0.05) is 15.6 Å². The maximum Gasteiger partial charge on any atom is 0.335 e. The molecule has 0 radical (unpaired) electrons. The summed E-state index contributed by atoms with van der Waals surface area (Å²) in [6, 6.07) is 16.2. The van der Waals surface area contributed by atoms with E-state index < -0.39 is 17.8 Å². The lowest BCUT2D eigenvalue weighted by atomic mass is 10.1. The van der Waals surface area contributed by atoms with Crippen LogP contribution in [0.5, 0.6) is 5.75 Å². The van der Waals surface area contributed by atoms with E-state index in [4.69, 9.17) is 27.9 Å². The third kappa shape index (κ3) is 5.30. The van der Waals surface area contributed by atoms with Gasteiger partial charge in [0.25, 0.3) is 11.8 Å². The SMILES string of the molecule is O=C1NC(=O)N(c2ccc(Cl)cc2)C(=O)/C1=C/c1cc(Br)c(OCc2ccccc2Cl)c(I)c1. The van der Waals surface area contributed by atoms with Gasteiger partial charge in [-0.15, -0.1) is 0 Å². The van der Waals surface area contributed by atoms with Crippen LogP contribution in [0.2, 0.25) is 10.0 Å². The Bertz CT molecular complexity index is 1320. The molecule has 4 rings (SSSR count). The summed E-state index contributed by atoms with van der Waals surface area (Å²) in [6.07, 6.45) is 1.43. The molecule has 1 aliphatic rings. The minimum Gasteiger partial charge on any atom is -0.487 e. The molecule has 0 saturated carbocycles. The number of anilines is 1. The van der Waals surface area contributed by atoms with Crippen molar-refractivity contribution in [2.75, 3.05) is 4.90 Å². The monoisotopic (exact) mass is 670 g/mol. The van der Waals surface area contributed by atoms with E-state index in [2.05, 4.69) is 43.8 Å². The van der Waals surface area contributed by atoms with Crippen molar-refractivity contribution in [3.05, 3.63) is 95.5 Å². The van der Waals surface area contributed by atoms with E-state index in [1.807, 2.05) is 18.2 Å². The third-order valence-electron chi connectivity index (χ3n) is 4.85. The topological polar surface area (TPSA) is 75.7 Å². The highest BCUT2D eigenvalue weighted by atomic mass is 127. The Morgan fingerprint density at radius 3 is 2.41 bits per heavy atom. The fraction of sp³-hybridized carbons (Fsp3) is 0.0417. The number of urea groups is 1. The second-order valence-electron chi connectivity index (χ2n) is 7.13. The third-order valence-corrected chi connectivity index (χ3v) is 6.86. The standard InChI is InChI=1S/C24H14BrCl2IN2O4/c25-18-10-13(11-20(28)21(18)34-12-14-3-1-2-4-19(14)27)9-17-22(31)29-24(33)30(23(17)32)16-7-5-15(26)6-8-16/h1-11H,12H2,(H,29,31,33)/b17-9+. The van der Waals surface area contributed by atoms with Crippen LogP contribution in [0.3, 0.4) is 0 Å². The summed E-state index contributed by atoms with van der Waals surface area (Å²) in [5, 5.41) is 3.27. The Morgan fingerprint density at radius 2 is 1.74 bits per heavy atom. The molecule has 1 N–H and O–H groups in total. The molecule has 10 heteroatoms. The summed E-state index contributed by atoms with van der Waals surface area (Å²) in [7, 11) is 0. The van der Waals surface area contributed by atoms with Crippen molar-refractivity contribution < 1.29 is 19.1 Å². The zero-order valence-electron chi connectivity index (χ0n) is 17.2. The second kappa shape index (κ2) is 10.5. The first-order valence-electron chi connectivity index (χ1n) is 9.77. The molecule has 1 fully saturated rings. The highest BCUT2D eigenvalue weighted by molar-refractivity contribution is 14.1. The van der Waals surface area contributed by atoms with E-state index >= 15 is 0 Å². The van der Waals surface area contributed by atoms with Crippen LogP contribution in [0.25, 0.3) is 6.08 Å². The number of halogens is 4. The predicted octanol–water partition coefficient (Wildman–Crippen LogP) is 6.61. The molecule has 0 aromatic heterocycles. The number of benzene rings is 3. The summed E-state index contributed by atoms with van der Waals surface area (Å²) in [5.41, 5.74) is 1.53. The minimum atomic E-state index is -0.825. The van der Waals surface area contributed by atoms with E-state index in [1.54, 1.807) is 30.3 Å². The van der Waals surface area contributed by atoms with Crippen molar-refractivity contribution in [2.24, 2.45) is 0 Å². The lowest BCUT2D eigenvalue weighted by Gasteiger charge is -2.26. The first kappa shape index (κ1) is 24.7. The van der Waals surface area contributed by atoms with Crippen LogP contribution in [0.15, 0.2) is 70.7 Å². The van der Waals surface area contributed by atoms with Gasteiger partial charge in [-0.3, -0.25) is 14.9 Å². The number of nitrogens with one attached hydrogen (secondary N) is 1. The van der Waals surface area contributed by atoms with Crippen molar-refractivity contribution in [3.8, 4) is 5.75 Å². The maximum absolute atomic E-state index is 13.1. The Morgan fingerprint density at radius 1 is 1.03 bits per heavy atom. The van der Waals surface area contributed by atoms with Crippen molar-refractivity contribution in [1.29, 1.82) is 0 Å². The van der Waals surface area contributed by atoms with Gasteiger partial charge in [-0.25, -0.2) is 9.69 Å². The largest absolute Gasteiger partial charge is 0.487 e. The van der Waals surface area contributed by atoms with Gasteiger partial charge in [0.1, 0.15) is 17.9 Å². The molecule has 34 heavy (non-hydrogen) atoms. The van der Waals surface area contributed by atoms with Crippen LogP contribution in [0, 0.1) is 3.57 Å². The van der Waals surface area contributed by atoms with Gasteiger partial charge in [-0.2, -0.15) is 0 Å². The van der Waals surface area contributed by atoms with Gasteiger partial charge in [0.2, 0.25) is 0 Å². The molecule has 1 heterocycles. The van der Waals surface area contributed by atoms with Crippen LogP contribution in [0.1, 0.15) is 11.1 Å². The van der Waals surface area contributed by atoms with Gasteiger partial charge in [0.05, 0.1) is 13.7 Å². The lowest BCUT2D eigenvalue weighted by Crippen LogP contribution is -2.54. The lowest BCUT2D eigenvalue weighted by molar-refractivity contribution is -0.122. The fourth-order valence-electron chi connectivity index (χ4n) is 3.21. The molecule has 172 valence electrons. The van der Waals surface area contributed by atoms with Crippen LogP contribution in [0.4, 0.5) is 10.5 Å². The average molecular weight is 672 g/mol. The summed E-state index contributed by atoms with van der Waals surface area (Å²) in [5.74, 6) is -0.910. The number of rotatable bonds is 5. The number of hydrogen-bond donors (Lipinski definition) is 1. The Balaban J connectivity index is 1.61.